The van der Waals surface area contributed by atoms with Crippen molar-refractivity contribution in [3.05, 3.63) is 52.4 Å². The first-order chi connectivity index (χ1) is 8.74. The van der Waals surface area contributed by atoms with Gasteiger partial charge >= 0.3 is 5.97 Å². The van der Waals surface area contributed by atoms with E-state index in [0.29, 0.717) is 0 Å². The maximum absolute atomic E-state index is 10.4. The summed E-state index contributed by atoms with van der Waals surface area (Å²) in [6.45, 7) is 0. The van der Waals surface area contributed by atoms with Crippen LogP contribution in [0.25, 0.3) is 6.08 Å². The first-order valence-electron chi connectivity index (χ1n) is 5.27. The average Bonchev–Trinajstić information content (AvgIpc) is 2.83. The minimum Gasteiger partial charge on any atom is -0.478 e. The number of hydrogen-bond acceptors (Lipinski definition) is 4. The van der Waals surface area contributed by atoms with Crippen LogP contribution in [0.5, 0.6) is 0 Å². The van der Waals surface area contributed by atoms with E-state index in [1.54, 1.807) is 35.4 Å². The van der Waals surface area contributed by atoms with Crippen molar-refractivity contribution < 1.29 is 9.90 Å². The molecule has 0 saturated heterocycles. The van der Waals surface area contributed by atoms with Gasteiger partial charge < -0.3 is 5.11 Å². The monoisotopic (exact) mass is 277 g/mol. The van der Waals surface area contributed by atoms with Gasteiger partial charge in [0, 0.05) is 27.8 Å². The molecular formula is C13H11NO2S2. The van der Waals surface area contributed by atoms with Gasteiger partial charge in [0.05, 0.1) is 5.03 Å². The Hall–Kier alpha value is -1.59. The zero-order chi connectivity index (χ0) is 12.8. The molecule has 0 amide bonds. The minimum absolute atomic E-state index is 0.850. The van der Waals surface area contributed by atoms with Crippen molar-refractivity contribution >= 4 is 35.1 Å². The normalized spacial score (nSPS) is 10.9. The third-order valence-electron chi connectivity index (χ3n) is 2.07. The number of hydrogen-bond donors (Lipinski definition) is 1. The van der Waals surface area contributed by atoms with Crippen LogP contribution in [-0.2, 0) is 10.5 Å². The van der Waals surface area contributed by atoms with Gasteiger partial charge in [-0.25, -0.2) is 9.78 Å². The van der Waals surface area contributed by atoms with Gasteiger partial charge in [-0.2, -0.15) is 0 Å². The predicted molar refractivity (Wildman–Crippen MR) is 74.8 cm³/mol. The number of thiophene rings is 1. The maximum atomic E-state index is 10.4. The number of carboxylic acids is 1. The van der Waals surface area contributed by atoms with E-state index in [0.717, 1.165) is 21.7 Å². The van der Waals surface area contributed by atoms with Crippen LogP contribution in [0, 0.1) is 0 Å². The summed E-state index contributed by atoms with van der Waals surface area (Å²) in [5, 5.41) is 9.53. The van der Waals surface area contributed by atoms with E-state index in [1.807, 2.05) is 30.3 Å². The minimum atomic E-state index is -0.923. The highest BCUT2D eigenvalue weighted by Gasteiger charge is 2.00. The molecule has 0 aliphatic carbocycles. The molecule has 1 N–H and O–H groups in total. The van der Waals surface area contributed by atoms with Crippen LogP contribution in [0.2, 0.25) is 0 Å². The van der Waals surface area contributed by atoms with Crippen molar-refractivity contribution in [1.82, 2.24) is 4.98 Å². The van der Waals surface area contributed by atoms with Crippen LogP contribution in [0.4, 0.5) is 0 Å². The van der Waals surface area contributed by atoms with Crippen molar-refractivity contribution in [2.24, 2.45) is 0 Å². The molecule has 2 heterocycles. The molecule has 0 aliphatic rings. The predicted octanol–water partition coefficient (Wildman–Crippen LogP) is 3.53. The molecule has 0 saturated carbocycles. The standard InChI is InChI=1S/C13H11NO2S2/c15-13(16)7-6-10-4-5-11(18-10)9-17-12-3-1-2-8-14-12/h1-8H,9H2,(H,15,16). The lowest BCUT2D eigenvalue weighted by molar-refractivity contribution is -0.131. The molecule has 0 aromatic carbocycles. The van der Waals surface area contributed by atoms with Crippen molar-refractivity contribution in [3.63, 3.8) is 0 Å². The Bertz CT molecular complexity index is 549. The van der Waals surface area contributed by atoms with E-state index in [-0.39, 0.29) is 0 Å². The lowest BCUT2D eigenvalue weighted by Gasteiger charge is -1.97. The molecule has 0 aliphatic heterocycles. The third-order valence-corrected chi connectivity index (χ3v) is 4.30. The summed E-state index contributed by atoms with van der Waals surface area (Å²) >= 11 is 3.27. The van der Waals surface area contributed by atoms with Crippen LogP contribution in [0.1, 0.15) is 9.75 Å². The van der Waals surface area contributed by atoms with Gasteiger partial charge in [0.2, 0.25) is 0 Å². The first kappa shape index (κ1) is 12.9. The third kappa shape index (κ3) is 4.01. The summed E-state index contributed by atoms with van der Waals surface area (Å²) in [7, 11) is 0. The summed E-state index contributed by atoms with van der Waals surface area (Å²) in [4.78, 5) is 16.8. The Morgan fingerprint density at radius 2 is 2.28 bits per heavy atom. The molecule has 0 unspecified atom stereocenters. The molecule has 2 aromatic heterocycles. The number of rotatable bonds is 5. The largest absolute Gasteiger partial charge is 0.478 e. The number of carbonyl (C=O) groups is 1. The highest BCUT2D eigenvalue weighted by molar-refractivity contribution is 7.98. The van der Waals surface area contributed by atoms with Crippen LogP contribution < -0.4 is 0 Å². The number of nitrogens with zero attached hydrogens (tertiary/aromatic N) is 1. The molecule has 0 spiro atoms. The molecule has 5 heteroatoms. The Labute approximate surface area is 113 Å². The number of aromatic nitrogens is 1. The molecule has 2 aromatic rings. The zero-order valence-electron chi connectivity index (χ0n) is 9.45. The molecule has 0 bridgehead atoms. The van der Waals surface area contributed by atoms with Gasteiger partial charge in [0.1, 0.15) is 0 Å². The highest BCUT2D eigenvalue weighted by Crippen LogP contribution is 2.26. The van der Waals surface area contributed by atoms with E-state index >= 15 is 0 Å². The van der Waals surface area contributed by atoms with Crippen molar-refractivity contribution in [1.29, 1.82) is 0 Å². The van der Waals surface area contributed by atoms with Gasteiger partial charge in [-0.05, 0) is 30.3 Å². The number of aliphatic carboxylic acids is 1. The molecule has 0 radical (unpaired) electrons. The van der Waals surface area contributed by atoms with E-state index in [1.165, 1.54) is 4.88 Å². The fourth-order valence-electron chi connectivity index (χ4n) is 1.29. The fourth-order valence-corrected chi connectivity index (χ4v) is 3.11. The lowest BCUT2D eigenvalue weighted by atomic mass is 10.4. The van der Waals surface area contributed by atoms with E-state index in [4.69, 9.17) is 5.11 Å². The molecule has 18 heavy (non-hydrogen) atoms. The number of pyridine rings is 1. The lowest BCUT2D eigenvalue weighted by Crippen LogP contribution is -1.84. The van der Waals surface area contributed by atoms with Gasteiger partial charge in [-0.1, -0.05) is 6.07 Å². The molecule has 0 fully saturated rings. The Morgan fingerprint density at radius 3 is 3.00 bits per heavy atom. The summed E-state index contributed by atoms with van der Waals surface area (Å²) in [5.74, 6) is -0.0735. The molecule has 3 nitrogen and oxygen atoms in total. The molecular weight excluding hydrogens is 266 g/mol. The Kier molecular flexibility index (Phi) is 4.55. The topological polar surface area (TPSA) is 50.2 Å². The second kappa shape index (κ2) is 6.37. The average molecular weight is 277 g/mol. The molecule has 2 rings (SSSR count). The summed E-state index contributed by atoms with van der Waals surface area (Å²) < 4.78 is 0. The zero-order valence-corrected chi connectivity index (χ0v) is 11.1. The van der Waals surface area contributed by atoms with Crippen LogP contribution in [0.3, 0.4) is 0 Å². The molecule has 0 atom stereocenters. The number of thioether (sulfide) groups is 1. The Morgan fingerprint density at radius 1 is 1.39 bits per heavy atom. The maximum Gasteiger partial charge on any atom is 0.328 e. The second-order valence-electron chi connectivity index (χ2n) is 3.43. The van der Waals surface area contributed by atoms with Crippen LogP contribution in [0.15, 0.2) is 47.6 Å². The smallest absolute Gasteiger partial charge is 0.328 e. The van der Waals surface area contributed by atoms with E-state index in [9.17, 15) is 4.79 Å². The van der Waals surface area contributed by atoms with Crippen LogP contribution >= 0.6 is 23.1 Å². The van der Waals surface area contributed by atoms with E-state index < -0.39 is 5.97 Å². The molecule has 92 valence electrons. The number of carboxylic acid groups (broad SMARTS) is 1. The van der Waals surface area contributed by atoms with Crippen molar-refractivity contribution in [2.75, 3.05) is 0 Å². The second-order valence-corrected chi connectivity index (χ2v) is 5.63. The quantitative estimate of drug-likeness (QED) is 0.671. The van der Waals surface area contributed by atoms with Gasteiger partial charge in [0.15, 0.2) is 0 Å². The van der Waals surface area contributed by atoms with Gasteiger partial charge in [-0.3, -0.25) is 0 Å². The summed E-state index contributed by atoms with van der Waals surface area (Å²) in [5.41, 5.74) is 0. The highest BCUT2D eigenvalue weighted by atomic mass is 32.2. The van der Waals surface area contributed by atoms with Crippen LogP contribution in [-0.4, -0.2) is 16.1 Å². The first-order valence-corrected chi connectivity index (χ1v) is 7.08. The van der Waals surface area contributed by atoms with Crippen molar-refractivity contribution in [2.45, 2.75) is 10.8 Å². The van der Waals surface area contributed by atoms with E-state index in [2.05, 4.69) is 4.98 Å². The summed E-state index contributed by atoms with van der Waals surface area (Å²) in [6, 6.07) is 9.78. The Balaban J connectivity index is 1.93. The van der Waals surface area contributed by atoms with Gasteiger partial charge in [-0.15, -0.1) is 23.1 Å². The SMILES string of the molecule is O=C(O)C=Cc1ccc(CSc2ccccn2)s1. The fraction of sp³-hybridized carbons (Fsp3) is 0.0769. The van der Waals surface area contributed by atoms with Crippen molar-refractivity contribution in [3.8, 4) is 0 Å². The van der Waals surface area contributed by atoms with Gasteiger partial charge in [0.25, 0.3) is 0 Å². The summed E-state index contributed by atoms with van der Waals surface area (Å²) in [6.07, 6.45) is 4.54.